The zero-order chi connectivity index (χ0) is 20.1. The monoisotopic (exact) mass is 388 g/mol. The molecule has 0 saturated carbocycles. The first-order valence-corrected chi connectivity index (χ1v) is 8.47. The Morgan fingerprint density at radius 2 is 1.50 bits per heavy atom. The number of Topliss-reactive ketones (excluding diaryl/α,β-unsaturated/α-hetero) is 1. The Balaban J connectivity index is 1.72. The van der Waals surface area contributed by atoms with E-state index in [2.05, 4.69) is 0 Å². The van der Waals surface area contributed by atoms with Gasteiger partial charge in [-0.1, -0.05) is 0 Å². The Kier molecular flexibility index (Phi) is 5.88. The van der Waals surface area contributed by atoms with Crippen molar-refractivity contribution in [2.75, 3.05) is 41.2 Å². The number of fused-ring (bicyclic) bond motifs is 1. The molecule has 8 heteroatoms. The van der Waals surface area contributed by atoms with Gasteiger partial charge in [0.2, 0.25) is 0 Å². The number of ketones is 1. The summed E-state index contributed by atoms with van der Waals surface area (Å²) in [6, 6.07) is 7.77. The van der Waals surface area contributed by atoms with E-state index in [1.165, 1.54) is 33.5 Å². The van der Waals surface area contributed by atoms with Gasteiger partial charge in [-0.15, -0.1) is 0 Å². The average molecular weight is 388 g/mol. The molecule has 0 bridgehead atoms. The summed E-state index contributed by atoms with van der Waals surface area (Å²) in [4.78, 5) is 24.9. The first-order valence-electron chi connectivity index (χ1n) is 8.47. The zero-order valence-corrected chi connectivity index (χ0v) is 15.8. The number of methoxy groups -OCH3 is 3. The smallest absolute Gasteiger partial charge is 0.342 e. The summed E-state index contributed by atoms with van der Waals surface area (Å²) in [7, 11) is 4.34. The van der Waals surface area contributed by atoms with Crippen molar-refractivity contribution in [3.05, 3.63) is 41.5 Å². The predicted molar refractivity (Wildman–Crippen MR) is 98.1 cm³/mol. The fourth-order valence-corrected chi connectivity index (χ4v) is 2.70. The number of ether oxygens (including phenoxy) is 6. The lowest BCUT2D eigenvalue weighted by Gasteiger charge is -2.18. The van der Waals surface area contributed by atoms with Gasteiger partial charge in [-0.2, -0.15) is 0 Å². The summed E-state index contributed by atoms with van der Waals surface area (Å²) >= 11 is 0. The van der Waals surface area contributed by atoms with Crippen molar-refractivity contribution in [1.82, 2.24) is 0 Å². The molecule has 2 aromatic carbocycles. The maximum atomic E-state index is 12.5. The standard InChI is InChI=1S/C20H20O8/c1-23-16-10-18(25-3)17(24-2)9-13(16)20(22)28-11-14(21)12-4-5-15-19(8-12)27-7-6-26-15/h4-5,8-10H,6-7,11H2,1-3H3. The average Bonchev–Trinajstić information content (AvgIpc) is 2.75. The normalized spacial score (nSPS) is 12.1. The first-order chi connectivity index (χ1) is 13.6. The lowest BCUT2D eigenvalue weighted by atomic mass is 10.1. The van der Waals surface area contributed by atoms with Crippen molar-refractivity contribution in [1.29, 1.82) is 0 Å². The molecule has 8 nitrogen and oxygen atoms in total. The molecule has 3 rings (SSSR count). The van der Waals surface area contributed by atoms with Gasteiger partial charge in [0.05, 0.1) is 21.3 Å². The molecule has 0 saturated heterocycles. The Morgan fingerprint density at radius 3 is 2.18 bits per heavy atom. The second-order valence-corrected chi connectivity index (χ2v) is 5.77. The molecule has 0 amide bonds. The van der Waals surface area contributed by atoms with E-state index in [1.807, 2.05) is 0 Å². The second kappa shape index (κ2) is 8.51. The molecular formula is C20H20O8. The molecule has 0 unspecified atom stereocenters. The topological polar surface area (TPSA) is 89.5 Å². The van der Waals surface area contributed by atoms with Crippen LogP contribution in [-0.2, 0) is 4.74 Å². The van der Waals surface area contributed by atoms with Crippen molar-refractivity contribution in [2.45, 2.75) is 0 Å². The number of hydrogen-bond acceptors (Lipinski definition) is 8. The van der Waals surface area contributed by atoms with Gasteiger partial charge in [0.1, 0.15) is 24.5 Å². The van der Waals surface area contributed by atoms with E-state index in [-0.39, 0.29) is 17.1 Å². The van der Waals surface area contributed by atoms with Crippen molar-refractivity contribution in [2.24, 2.45) is 0 Å². The molecule has 2 aromatic rings. The van der Waals surface area contributed by atoms with Crippen molar-refractivity contribution in [3.63, 3.8) is 0 Å². The summed E-state index contributed by atoms with van der Waals surface area (Å²) in [6.45, 7) is 0.444. The van der Waals surface area contributed by atoms with Gasteiger partial charge >= 0.3 is 5.97 Å². The molecule has 148 valence electrons. The summed E-state index contributed by atoms with van der Waals surface area (Å²) in [6.07, 6.45) is 0. The molecule has 0 aromatic heterocycles. The van der Waals surface area contributed by atoms with Crippen LogP contribution in [0.1, 0.15) is 20.7 Å². The van der Waals surface area contributed by atoms with Crippen LogP contribution < -0.4 is 23.7 Å². The van der Waals surface area contributed by atoms with E-state index in [1.54, 1.807) is 18.2 Å². The maximum absolute atomic E-state index is 12.5. The van der Waals surface area contributed by atoms with Crippen LogP contribution in [-0.4, -0.2) is 52.9 Å². The summed E-state index contributed by atoms with van der Waals surface area (Å²) in [5, 5.41) is 0. The number of esters is 1. The Hall–Kier alpha value is -3.42. The van der Waals surface area contributed by atoms with Crippen LogP contribution in [0.5, 0.6) is 28.7 Å². The highest BCUT2D eigenvalue weighted by Crippen LogP contribution is 2.35. The van der Waals surface area contributed by atoms with Gasteiger partial charge in [0.25, 0.3) is 0 Å². The van der Waals surface area contributed by atoms with E-state index >= 15 is 0 Å². The minimum atomic E-state index is -0.719. The van der Waals surface area contributed by atoms with Crippen LogP contribution in [0.2, 0.25) is 0 Å². The molecule has 1 aliphatic heterocycles. The Bertz CT molecular complexity index is 890. The SMILES string of the molecule is COc1cc(OC)c(C(=O)OCC(=O)c2ccc3c(c2)OCCO3)cc1OC. The van der Waals surface area contributed by atoms with Crippen LogP contribution in [0.3, 0.4) is 0 Å². The number of carbonyl (C=O) groups excluding carboxylic acids is 2. The first kappa shape index (κ1) is 19.3. The molecule has 0 atom stereocenters. The van der Waals surface area contributed by atoms with E-state index in [4.69, 9.17) is 28.4 Å². The van der Waals surface area contributed by atoms with Gasteiger partial charge in [-0.05, 0) is 18.2 Å². The molecule has 0 aliphatic carbocycles. The molecule has 1 aliphatic rings. The summed E-state index contributed by atoms with van der Waals surface area (Å²) < 4.78 is 31.6. The third-order valence-corrected chi connectivity index (χ3v) is 4.12. The highest BCUT2D eigenvalue weighted by atomic mass is 16.6. The lowest BCUT2D eigenvalue weighted by molar-refractivity contribution is 0.0471. The molecule has 1 heterocycles. The van der Waals surface area contributed by atoms with Gasteiger partial charge in [-0.3, -0.25) is 4.79 Å². The highest BCUT2D eigenvalue weighted by Gasteiger charge is 2.21. The van der Waals surface area contributed by atoms with E-state index in [9.17, 15) is 9.59 Å². The molecule has 0 spiro atoms. The minimum Gasteiger partial charge on any atom is -0.496 e. The predicted octanol–water partition coefficient (Wildman–Crippen LogP) is 2.52. The Labute approximate surface area is 161 Å². The fourth-order valence-electron chi connectivity index (χ4n) is 2.70. The van der Waals surface area contributed by atoms with Crippen LogP contribution in [0, 0.1) is 0 Å². The van der Waals surface area contributed by atoms with Gasteiger partial charge in [0, 0.05) is 17.7 Å². The highest BCUT2D eigenvalue weighted by molar-refractivity contribution is 6.00. The van der Waals surface area contributed by atoms with Crippen LogP contribution >= 0.6 is 0 Å². The minimum absolute atomic E-state index is 0.120. The summed E-state index contributed by atoms with van der Waals surface area (Å²) in [5.41, 5.74) is 0.478. The largest absolute Gasteiger partial charge is 0.496 e. The molecule has 0 fully saturated rings. The number of benzene rings is 2. The van der Waals surface area contributed by atoms with Gasteiger partial charge in [-0.25, -0.2) is 4.79 Å². The lowest BCUT2D eigenvalue weighted by Crippen LogP contribution is -2.17. The van der Waals surface area contributed by atoms with E-state index < -0.39 is 12.6 Å². The van der Waals surface area contributed by atoms with Crippen molar-refractivity contribution >= 4 is 11.8 Å². The number of rotatable bonds is 7. The Morgan fingerprint density at radius 1 is 0.857 bits per heavy atom. The van der Waals surface area contributed by atoms with Gasteiger partial charge < -0.3 is 28.4 Å². The summed E-state index contributed by atoms with van der Waals surface area (Å²) in [5.74, 6) is 0.972. The van der Waals surface area contributed by atoms with E-state index in [0.29, 0.717) is 41.8 Å². The third kappa shape index (κ3) is 3.95. The third-order valence-electron chi connectivity index (χ3n) is 4.12. The quantitative estimate of drug-likeness (QED) is 0.528. The van der Waals surface area contributed by atoms with Gasteiger partial charge in [0.15, 0.2) is 35.4 Å². The van der Waals surface area contributed by atoms with Crippen LogP contribution in [0.25, 0.3) is 0 Å². The van der Waals surface area contributed by atoms with Crippen LogP contribution in [0.4, 0.5) is 0 Å². The fraction of sp³-hybridized carbons (Fsp3) is 0.300. The van der Waals surface area contributed by atoms with Crippen molar-refractivity contribution < 1.29 is 38.0 Å². The molecular weight excluding hydrogens is 368 g/mol. The second-order valence-electron chi connectivity index (χ2n) is 5.77. The molecule has 28 heavy (non-hydrogen) atoms. The maximum Gasteiger partial charge on any atom is 0.342 e. The number of carbonyl (C=O) groups is 2. The van der Waals surface area contributed by atoms with Crippen molar-refractivity contribution in [3.8, 4) is 28.7 Å². The van der Waals surface area contributed by atoms with E-state index in [0.717, 1.165) is 0 Å². The zero-order valence-electron chi connectivity index (χ0n) is 15.8. The number of hydrogen-bond donors (Lipinski definition) is 0. The molecule has 0 radical (unpaired) electrons. The molecule has 0 N–H and O–H groups in total. The van der Waals surface area contributed by atoms with Crippen LogP contribution in [0.15, 0.2) is 30.3 Å².